The summed E-state index contributed by atoms with van der Waals surface area (Å²) in [4.78, 5) is 7.90. The molecule has 1 fully saturated rings. The molecule has 162 valence electrons. The highest BCUT2D eigenvalue weighted by Crippen LogP contribution is 2.50. The third-order valence-electron chi connectivity index (χ3n) is 6.40. The predicted octanol–water partition coefficient (Wildman–Crippen LogP) is 4.65. The Morgan fingerprint density at radius 1 is 1.14 bits per heavy atom. The Morgan fingerprint density at radius 2 is 1.82 bits per heavy atom. The molecule has 3 atom stereocenters. The van der Waals surface area contributed by atoms with Gasteiger partial charge in [-0.25, -0.2) is 0 Å². The molecule has 0 aromatic carbocycles. The first-order chi connectivity index (χ1) is 13.6. The van der Waals surface area contributed by atoms with E-state index in [2.05, 4.69) is 54.6 Å². The highest BCUT2D eigenvalue weighted by Gasteiger charge is 2.57. The summed E-state index contributed by atoms with van der Waals surface area (Å²) in [5.41, 5.74) is 1.55. The van der Waals surface area contributed by atoms with Crippen molar-refractivity contribution in [3.05, 3.63) is 11.6 Å². The summed E-state index contributed by atoms with van der Waals surface area (Å²) in [7, 11) is 2.08. The molecular weight excluding hydrogens is 348 g/mol. The van der Waals surface area contributed by atoms with Crippen molar-refractivity contribution in [2.75, 3.05) is 26.7 Å². The van der Waals surface area contributed by atoms with Crippen LogP contribution in [0, 0.1) is 5.92 Å². The van der Waals surface area contributed by atoms with Gasteiger partial charge in [0.25, 0.3) is 0 Å². The maximum absolute atomic E-state index is 5.75. The summed E-state index contributed by atoms with van der Waals surface area (Å²) in [6.45, 7) is 12.0. The maximum Gasteiger partial charge on any atom is 0.223 e. The number of nitrogens with one attached hydrogen (secondary N) is 2. The van der Waals surface area contributed by atoms with E-state index in [0.29, 0.717) is 5.92 Å². The van der Waals surface area contributed by atoms with Crippen LogP contribution in [0.25, 0.3) is 0 Å². The fraction of sp³-hybridized carbons (Fsp3) is 0.870. The van der Waals surface area contributed by atoms with Crippen molar-refractivity contribution < 1.29 is 4.84 Å². The average Bonchev–Trinajstić information content (AvgIpc) is 3.30. The zero-order valence-corrected chi connectivity index (χ0v) is 19.0. The van der Waals surface area contributed by atoms with Crippen LogP contribution in [-0.2, 0) is 4.84 Å². The van der Waals surface area contributed by atoms with Crippen molar-refractivity contribution in [1.29, 1.82) is 0 Å². The predicted molar refractivity (Wildman–Crippen MR) is 119 cm³/mol. The molecule has 1 aliphatic carbocycles. The van der Waals surface area contributed by atoms with Crippen molar-refractivity contribution >= 4 is 5.84 Å². The number of hydrogen-bond acceptors (Lipinski definition) is 5. The van der Waals surface area contributed by atoms with E-state index in [1.807, 2.05) is 6.92 Å². The first-order valence-corrected chi connectivity index (χ1v) is 11.6. The van der Waals surface area contributed by atoms with E-state index in [1.165, 1.54) is 63.4 Å². The minimum atomic E-state index is -0.0386. The second-order valence-corrected chi connectivity index (χ2v) is 8.63. The molecule has 2 N–H and O–H groups in total. The average molecular weight is 393 g/mol. The molecule has 0 radical (unpaired) electrons. The van der Waals surface area contributed by atoms with Crippen molar-refractivity contribution in [3.63, 3.8) is 0 Å². The number of amidine groups is 1. The molecule has 2 rings (SSSR count). The highest BCUT2D eigenvalue weighted by atomic mass is 16.7. The van der Waals surface area contributed by atoms with Gasteiger partial charge >= 0.3 is 0 Å². The van der Waals surface area contributed by atoms with Crippen LogP contribution in [0.15, 0.2) is 16.8 Å². The largest absolute Gasteiger partial charge is 0.364 e. The molecule has 5 nitrogen and oxygen atoms in total. The zero-order chi connectivity index (χ0) is 20.4. The number of allylic oxidation sites excluding steroid dienone is 1. The van der Waals surface area contributed by atoms with Crippen molar-refractivity contribution in [2.24, 2.45) is 11.1 Å². The first-order valence-electron chi connectivity index (χ1n) is 11.6. The molecule has 5 heteroatoms. The molecule has 0 aromatic rings. The Hall–Kier alpha value is -1.07. The van der Waals surface area contributed by atoms with Gasteiger partial charge in [0.2, 0.25) is 6.23 Å². The van der Waals surface area contributed by atoms with Crippen molar-refractivity contribution in [1.82, 2.24) is 15.5 Å². The number of hydrogen-bond donors (Lipinski definition) is 2. The topological polar surface area (TPSA) is 48.9 Å². The molecule has 0 spiro atoms. The van der Waals surface area contributed by atoms with Crippen LogP contribution in [0.4, 0.5) is 0 Å². The summed E-state index contributed by atoms with van der Waals surface area (Å²) in [5.74, 6) is 1.48. The van der Waals surface area contributed by atoms with Crippen LogP contribution >= 0.6 is 0 Å². The van der Waals surface area contributed by atoms with E-state index < -0.39 is 0 Å². The lowest BCUT2D eigenvalue weighted by Crippen LogP contribution is -2.45. The van der Waals surface area contributed by atoms with E-state index in [-0.39, 0.29) is 11.8 Å². The van der Waals surface area contributed by atoms with Crippen LogP contribution in [0.5, 0.6) is 0 Å². The third kappa shape index (κ3) is 6.21. The Kier molecular flexibility index (Phi) is 9.80. The van der Waals surface area contributed by atoms with Gasteiger partial charge in [-0.1, -0.05) is 63.6 Å². The molecule has 0 aromatic heterocycles. The summed E-state index contributed by atoms with van der Waals surface area (Å²) >= 11 is 0. The Bertz CT molecular complexity index is 519. The Morgan fingerprint density at radius 3 is 2.39 bits per heavy atom. The standard InChI is InChI=1S/C23H44N4O/c1-6-9-11-13-15-24-18-23(25-16-14-12-10-7-2)17-21(23)20(8-3)22-27(5)19(4)26-28-22/h8,21-22,24-25H,6-7,9-18H2,1-5H3/b20-8+. The molecule has 1 saturated carbocycles. The van der Waals surface area contributed by atoms with E-state index in [0.717, 1.165) is 25.5 Å². The summed E-state index contributed by atoms with van der Waals surface area (Å²) in [6, 6.07) is 0. The van der Waals surface area contributed by atoms with Crippen LogP contribution < -0.4 is 10.6 Å². The third-order valence-corrected chi connectivity index (χ3v) is 6.40. The second kappa shape index (κ2) is 11.8. The van der Waals surface area contributed by atoms with Crippen LogP contribution in [0.3, 0.4) is 0 Å². The molecule has 3 unspecified atom stereocenters. The van der Waals surface area contributed by atoms with Gasteiger partial charge in [-0.15, -0.1) is 0 Å². The molecular formula is C23H44N4O. The van der Waals surface area contributed by atoms with Gasteiger partial charge in [0.1, 0.15) is 5.84 Å². The fourth-order valence-electron chi connectivity index (χ4n) is 4.30. The number of likely N-dealkylation sites (N-methyl/N-ethyl adjacent to an activating group) is 1. The SMILES string of the molecule is C/C=C(/C1ON=C(C)N1C)C1CC1(CNCCCCCC)NCCCCCC. The molecule has 0 saturated heterocycles. The maximum atomic E-state index is 5.75. The van der Waals surface area contributed by atoms with Gasteiger partial charge in [-0.2, -0.15) is 0 Å². The van der Waals surface area contributed by atoms with Gasteiger partial charge in [-0.3, -0.25) is 0 Å². The molecule has 1 heterocycles. The fourth-order valence-corrected chi connectivity index (χ4v) is 4.30. The smallest absolute Gasteiger partial charge is 0.223 e. The lowest BCUT2D eigenvalue weighted by Gasteiger charge is -2.26. The van der Waals surface area contributed by atoms with Crippen molar-refractivity contribution in [3.8, 4) is 0 Å². The van der Waals surface area contributed by atoms with E-state index in [1.54, 1.807) is 0 Å². The summed E-state index contributed by atoms with van der Waals surface area (Å²) in [5, 5.41) is 11.9. The van der Waals surface area contributed by atoms with Crippen LogP contribution in [0.2, 0.25) is 0 Å². The summed E-state index contributed by atoms with van der Waals surface area (Å²) in [6.07, 6.45) is 13.9. The Balaban J connectivity index is 1.90. The lowest BCUT2D eigenvalue weighted by atomic mass is 10.0. The van der Waals surface area contributed by atoms with E-state index in [4.69, 9.17) is 4.84 Å². The normalized spacial score (nSPS) is 27.1. The van der Waals surface area contributed by atoms with Gasteiger partial charge in [0.05, 0.1) is 0 Å². The van der Waals surface area contributed by atoms with Gasteiger partial charge in [-0.05, 0) is 51.8 Å². The zero-order valence-electron chi connectivity index (χ0n) is 19.0. The number of oxime groups is 1. The van der Waals surface area contributed by atoms with Gasteiger partial charge in [0.15, 0.2) is 0 Å². The number of unbranched alkanes of at least 4 members (excludes halogenated alkanes) is 6. The summed E-state index contributed by atoms with van der Waals surface area (Å²) < 4.78 is 0. The minimum absolute atomic E-state index is 0.0386. The second-order valence-electron chi connectivity index (χ2n) is 8.63. The van der Waals surface area contributed by atoms with Gasteiger partial charge in [0, 0.05) is 25.0 Å². The van der Waals surface area contributed by atoms with Crippen LogP contribution in [-0.4, -0.2) is 49.2 Å². The van der Waals surface area contributed by atoms with E-state index in [9.17, 15) is 0 Å². The first kappa shape index (κ1) is 23.2. The monoisotopic (exact) mass is 392 g/mol. The molecule has 2 aliphatic rings. The molecule has 0 amide bonds. The van der Waals surface area contributed by atoms with Crippen LogP contribution in [0.1, 0.15) is 85.5 Å². The molecule has 0 bridgehead atoms. The number of rotatable bonds is 15. The highest BCUT2D eigenvalue weighted by molar-refractivity contribution is 5.80. The van der Waals surface area contributed by atoms with E-state index >= 15 is 0 Å². The number of nitrogens with zero attached hydrogens (tertiary/aromatic N) is 2. The lowest BCUT2D eigenvalue weighted by molar-refractivity contribution is 0.0435. The van der Waals surface area contributed by atoms with Gasteiger partial charge < -0.3 is 20.4 Å². The Labute approximate surface area is 173 Å². The molecule has 28 heavy (non-hydrogen) atoms. The molecule has 1 aliphatic heterocycles. The minimum Gasteiger partial charge on any atom is -0.364 e. The van der Waals surface area contributed by atoms with Crippen molar-refractivity contribution in [2.45, 2.75) is 97.2 Å². The quantitative estimate of drug-likeness (QED) is 0.314.